The van der Waals surface area contributed by atoms with Crippen molar-refractivity contribution in [2.24, 2.45) is 0 Å². The van der Waals surface area contributed by atoms with Crippen molar-refractivity contribution in [2.45, 2.75) is 38.2 Å². The van der Waals surface area contributed by atoms with Gasteiger partial charge in [0.1, 0.15) is 6.10 Å². The van der Waals surface area contributed by atoms with E-state index < -0.39 is 0 Å². The molecule has 2 aliphatic rings. The molecular weight excluding hydrogens is 259 g/mol. The third-order valence-corrected chi connectivity index (χ3v) is 4.03. The van der Waals surface area contributed by atoms with Crippen LogP contribution >= 0.6 is 0 Å². The lowest BCUT2D eigenvalue weighted by Gasteiger charge is -2.26. The number of hydrogen-bond acceptors (Lipinski definition) is 3. The van der Waals surface area contributed by atoms with Crippen molar-refractivity contribution < 1.29 is 18.6 Å². The number of methoxy groups -OCH3 is 1. The Morgan fingerprint density at radius 1 is 1.45 bits per heavy atom. The molecule has 0 radical (unpaired) electrons. The average molecular weight is 278 g/mol. The number of halogens is 1. The summed E-state index contributed by atoms with van der Waals surface area (Å²) in [5.41, 5.74) is 2.21. The number of fused-ring (bicyclic) bond motifs is 3. The zero-order chi connectivity index (χ0) is 14.1. The van der Waals surface area contributed by atoms with E-state index in [1.807, 2.05) is 13.0 Å². The van der Waals surface area contributed by atoms with Crippen LogP contribution in [0.1, 0.15) is 37.7 Å². The Morgan fingerprint density at radius 2 is 2.30 bits per heavy atom. The first-order chi connectivity index (χ1) is 9.74. The number of rotatable bonds is 3. The molecule has 1 aromatic rings. The van der Waals surface area contributed by atoms with Gasteiger partial charge in [0.2, 0.25) is 5.82 Å². The van der Waals surface area contributed by atoms with E-state index in [1.165, 1.54) is 5.57 Å². The molecule has 1 saturated carbocycles. The summed E-state index contributed by atoms with van der Waals surface area (Å²) in [5, 5.41) is 0. The second-order valence-corrected chi connectivity index (χ2v) is 5.25. The molecule has 20 heavy (non-hydrogen) atoms. The summed E-state index contributed by atoms with van der Waals surface area (Å²) in [5.74, 6) is 0.572. The average Bonchev–Trinajstić information content (AvgIpc) is 2.81. The van der Waals surface area contributed by atoms with Crippen molar-refractivity contribution in [2.75, 3.05) is 13.7 Å². The molecule has 0 amide bonds. The Morgan fingerprint density at radius 3 is 3.05 bits per heavy atom. The van der Waals surface area contributed by atoms with Crippen molar-refractivity contribution in [1.29, 1.82) is 0 Å². The maximum atomic E-state index is 14.4. The van der Waals surface area contributed by atoms with Gasteiger partial charge in [-0.25, -0.2) is 0 Å². The van der Waals surface area contributed by atoms with Crippen molar-refractivity contribution in [1.82, 2.24) is 0 Å². The Balaban J connectivity index is 1.88. The lowest BCUT2D eigenvalue weighted by atomic mass is 9.81. The van der Waals surface area contributed by atoms with Crippen LogP contribution in [-0.2, 0) is 4.74 Å². The van der Waals surface area contributed by atoms with E-state index in [0.717, 1.165) is 24.8 Å². The third kappa shape index (κ3) is 2.13. The summed E-state index contributed by atoms with van der Waals surface area (Å²) in [6, 6.07) is 3.66. The molecule has 1 heterocycles. The molecule has 0 bridgehead atoms. The molecule has 0 saturated heterocycles. The summed E-state index contributed by atoms with van der Waals surface area (Å²) < 4.78 is 30.6. The molecule has 1 aliphatic carbocycles. The fourth-order valence-corrected chi connectivity index (χ4v) is 3.17. The predicted octanol–water partition coefficient (Wildman–Crippen LogP) is 3.78. The van der Waals surface area contributed by atoms with Gasteiger partial charge in [0.05, 0.1) is 20.0 Å². The number of hydrogen-bond donors (Lipinski definition) is 0. The SMILES string of the molecule is CCOc1ccc2c(c1F)OC1CC(=COC)CC[C@@H]21. The van der Waals surface area contributed by atoms with Gasteiger partial charge in [-0.05, 0) is 31.4 Å². The summed E-state index contributed by atoms with van der Waals surface area (Å²) in [4.78, 5) is 0. The highest BCUT2D eigenvalue weighted by Crippen LogP contribution is 2.49. The molecule has 1 unspecified atom stereocenters. The normalized spacial score (nSPS) is 25.9. The van der Waals surface area contributed by atoms with E-state index in [4.69, 9.17) is 14.2 Å². The van der Waals surface area contributed by atoms with Crippen LogP contribution in [0.2, 0.25) is 0 Å². The molecule has 3 nitrogen and oxygen atoms in total. The van der Waals surface area contributed by atoms with E-state index in [2.05, 4.69) is 0 Å². The maximum Gasteiger partial charge on any atom is 0.207 e. The molecule has 2 atom stereocenters. The van der Waals surface area contributed by atoms with Crippen LogP contribution in [0.25, 0.3) is 0 Å². The monoisotopic (exact) mass is 278 g/mol. The number of benzene rings is 1. The van der Waals surface area contributed by atoms with Crippen LogP contribution < -0.4 is 9.47 Å². The van der Waals surface area contributed by atoms with Crippen LogP contribution in [0, 0.1) is 5.82 Å². The van der Waals surface area contributed by atoms with Gasteiger partial charge >= 0.3 is 0 Å². The van der Waals surface area contributed by atoms with Crippen LogP contribution in [-0.4, -0.2) is 19.8 Å². The maximum absolute atomic E-state index is 14.4. The largest absolute Gasteiger partial charge is 0.504 e. The van der Waals surface area contributed by atoms with Gasteiger partial charge < -0.3 is 14.2 Å². The van der Waals surface area contributed by atoms with Crippen molar-refractivity contribution in [3.8, 4) is 11.5 Å². The highest BCUT2D eigenvalue weighted by Gasteiger charge is 2.40. The van der Waals surface area contributed by atoms with Gasteiger partial charge in [0, 0.05) is 17.9 Å². The second-order valence-electron chi connectivity index (χ2n) is 5.25. The summed E-state index contributed by atoms with van der Waals surface area (Å²) in [6.07, 6.45) is 4.56. The topological polar surface area (TPSA) is 27.7 Å². The van der Waals surface area contributed by atoms with Crippen LogP contribution in [0.3, 0.4) is 0 Å². The minimum Gasteiger partial charge on any atom is -0.504 e. The minimum atomic E-state index is -0.365. The summed E-state index contributed by atoms with van der Waals surface area (Å²) in [6.45, 7) is 2.29. The summed E-state index contributed by atoms with van der Waals surface area (Å²) >= 11 is 0. The van der Waals surface area contributed by atoms with E-state index in [0.29, 0.717) is 12.4 Å². The first-order valence-corrected chi connectivity index (χ1v) is 7.07. The molecule has 1 fully saturated rings. The van der Waals surface area contributed by atoms with Gasteiger partial charge in [-0.15, -0.1) is 0 Å². The van der Waals surface area contributed by atoms with Crippen LogP contribution in [0.4, 0.5) is 4.39 Å². The van der Waals surface area contributed by atoms with E-state index in [-0.39, 0.29) is 23.6 Å². The van der Waals surface area contributed by atoms with Crippen molar-refractivity contribution in [3.63, 3.8) is 0 Å². The molecule has 3 rings (SSSR count). The molecule has 108 valence electrons. The summed E-state index contributed by atoms with van der Waals surface area (Å²) in [7, 11) is 1.65. The zero-order valence-electron chi connectivity index (χ0n) is 11.8. The minimum absolute atomic E-state index is 0.0199. The molecule has 1 aromatic carbocycles. The van der Waals surface area contributed by atoms with Crippen molar-refractivity contribution in [3.05, 3.63) is 35.3 Å². The standard InChI is InChI=1S/C16H19FO3/c1-3-19-13-7-6-12-11-5-4-10(9-18-2)8-14(11)20-16(12)15(13)17/h6-7,9,11,14H,3-5,8H2,1-2H3/t11-,14?/m0/s1. The third-order valence-electron chi connectivity index (χ3n) is 4.03. The fraction of sp³-hybridized carbons (Fsp3) is 0.500. The van der Waals surface area contributed by atoms with E-state index in [9.17, 15) is 4.39 Å². The Bertz CT molecular complexity index is 539. The lowest BCUT2D eigenvalue weighted by molar-refractivity contribution is 0.175. The highest BCUT2D eigenvalue weighted by atomic mass is 19.1. The molecule has 1 aliphatic heterocycles. The van der Waals surface area contributed by atoms with Gasteiger partial charge in [0.25, 0.3) is 0 Å². The van der Waals surface area contributed by atoms with E-state index in [1.54, 1.807) is 19.4 Å². The molecule has 0 aromatic heterocycles. The van der Waals surface area contributed by atoms with Gasteiger partial charge in [0.15, 0.2) is 11.5 Å². The first-order valence-electron chi connectivity index (χ1n) is 7.07. The van der Waals surface area contributed by atoms with Crippen molar-refractivity contribution >= 4 is 0 Å². The molecule has 4 heteroatoms. The van der Waals surface area contributed by atoms with Gasteiger partial charge in [-0.2, -0.15) is 4.39 Å². The van der Waals surface area contributed by atoms with Crippen LogP contribution in [0.5, 0.6) is 11.5 Å². The van der Waals surface area contributed by atoms with Gasteiger partial charge in [-0.1, -0.05) is 6.07 Å². The number of ether oxygens (including phenoxy) is 3. The fourth-order valence-electron chi connectivity index (χ4n) is 3.17. The van der Waals surface area contributed by atoms with E-state index >= 15 is 0 Å². The first kappa shape index (κ1) is 13.3. The van der Waals surface area contributed by atoms with Crippen LogP contribution in [0.15, 0.2) is 24.0 Å². The predicted molar refractivity (Wildman–Crippen MR) is 73.7 cm³/mol. The molecule has 0 N–H and O–H groups in total. The Kier molecular flexibility index (Phi) is 3.55. The lowest BCUT2D eigenvalue weighted by Crippen LogP contribution is -2.24. The van der Waals surface area contributed by atoms with Gasteiger partial charge in [-0.3, -0.25) is 0 Å². The Labute approximate surface area is 118 Å². The second kappa shape index (κ2) is 5.35. The Hall–Kier alpha value is -1.71. The molecular formula is C16H19FO3. The quantitative estimate of drug-likeness (QED) is 0.787. The zero-order valence-corrected chi connectivity index (χ0v) is 11.8. The smallest absolute Gasteiger partial charge is 0.207 e. The highest BCUT2D eigenvalue weighted by molar-refractivity contribution is 5.48. The molecule has 0 spiro atoms.